The lowest BCUT2D eigenvalue weighted by atomic mass is 10.2. The molecule has 5 nitrogen and oxygen atoms in total. The van der Waals surface area contributed by atoms with Gasteiger partial charge in [0.05, 0.1) is 0 Å². The zero-order valence-corrected chi connectivity index (χ0v) is 16.0. The number of amides is 3. The number of hydrogen-bond acceptors (Lipinski definition) is 3. The first-order valence-electron chi connectivity index (χ1n) is 8.90. The quantitative estimate of drug-likeness (QED) is 0.398. The Balaban J connectivity index is 1.42. The van der Waals surface area contributed by atoms with Crippen molar-refractivity contribution < 1.29 is 9.59 Å². The fourth-order valence-electron chi connectivity index (χ4n) is 2.47. The number of urea groups is 1. The minimum atomic E-state index is -0.332. The molecule has 3 rings (SSSR count). The molecule has 0 heterocycles. The molecule has 3 amide bonds. The minimum absolute atomic E-state index is 0.131. The highest BCUT2D eigenvalue weighted by atomic mass is 32.2. The molecule has 0 aliphatic carbocycles. The molecule has 0 saturated heterocycles. The lowest BCUT2D eigenvalue weighted by Crippen LogP contribution is -2.25. The molecule has 0 unspecified atom stereocenters. The van der Waals surface area contributed by atoms with E-state index in [1.807, 2.05) is 60.7 Å². The van der Waals surface area contributed by atoms with E-state index < -0.39 is 0 Å². The van der Waals surface area contributed by atoms with Gasteiger partial charge >= 0.3 is 6.03 Å². The fourth-order valence-corrected chi connectivity index (χ4v) is 3.26. The third kappa shape index (κ3) is 6.17. The standard InChI is InChI=1S/C22H21N3O2S/c26-21(23-15-16-28-20-9-5-2-6-10-20)17-11-13-19(14-12-17)25-22(27)24-18-7-3-1-4-8-18/h1-14H,15-16H2,(H,23,26)(H2,24,25,27). The molecule has 0 aliphatic heterocycles. The Morgan fingerprint density at radius 2 is 1.29 bits per heavy atom. The lowest BCUT2D eigenvalue weighted by Gasteiger charge is -2.09. The summed E-state index contributed by atoms with van der Waals surface area (Å²) in [5.41, 5.74) is 1.88. The normalized spacial score (nSPS) is 10.1. The van der Waals surface area contributed by atoms with Crippen molar-refractivity contribution in [2.24, 2.45) is 0 Å². The van der Waals surface area contributed by atoms with E-state index in [1.165, 1.54) is 4.90 Å². The molecule has 3 N–H and O–H groups in total. The van der Waals surface area contributed by atoms with E-state index in [4.69, 9.17) is 0 Å². The molecule has 0 saturated carbocycles. The van der Waals surface area contributed by atoms with E-state index in [1.54, 1.807) is 36.0 Å². The smallest absolute Gasteiger partial charge is 0.323 e. The lowest BCUT2D eigenvalue weighted by molar-refractivity contribution is 0.0956. The summed E-state index contributed by atoms with van der Waals surface area (Å²) in [6.45, 7) is 0.581. The summed E-state index contributed by atoms with van der Waals surface area (Å²) in [6, 6.07) is 25.7. The monoisotopic (exact) mass is 391 g/mol. The minimum Gasteiger partial charge on any atom is -0.351 e. The SMILES string of the molecule is O=C(Nc1ccccc1)Nc1ccc(C(=O)NCCSc2ccccc2)cc1. The second-order valence-corrected chi connectivity index (χ2v) is 7.11. The number of thioether (sulfide) groups is 1. The number of rotatable bonds is 7. The van der Waals surface area contributed by atoms with Crippen molar-refractivity contribution in [3.05, 3.63) is 90.5 Å². The highest BCUT2D eigenvalue weighted by Gasteiger charge is 2.06. The summed E-state index contributed by atoms with van der Waals surface area (Å²) in [6.07, 6.45) is 0. The topological polar surface area (TPSA) is 70.2 Å². The van der Waals surface area contributed by atoms with Crippen molar-refractivity contribution >= 4 is 35.1 Å². The van der Waals surface area contributed by atoms with Crippen molar-refractivity contribution in [2.45, 2.75) is 4.90 Å². The molecule has 0 atom stereocenters. The first-order chi connectivity index (χ1) is 13.7. The van der Waals surface area contributed by atoms with Gasteiger partial charge in [0.15, 0.2) is 0 Å². The zero-order chi connectivity index (χ0) is 19.6. The third-order valence-electron chi connectivity index (χ3n) is 3.84. The molecule has 142 valence electrons. The number of carbonyl (C=O) groups is 2. The maximum Gasteiger partial charge on any atom is 0.323 e. The van der Waals surface area contributed by atoms with Crippen LogP contribution in [-0.2, 0) is 0 Å². The van der Waals surface area contributed by atoms with Gasteiger partial charge in [-0.1, -0.05) is 36.4 Å². The Bertz CT molecular complexity index is 900. The average molecular weight is 391 g/mol. The van der Waals surface area contributed by atoms with Crippen LogP contribution in [0.4, 0.5) is 16.2 Å². The van der Waals surface area contributed by atoms with E-state index in [-0.39, 0.29) is 11.9 Å². The average Bonchev–Trinajstić information content (AvgIpc) is 2.73. The van der Waals surface area contributed by atoms with Gasteiger partial charge < -0.3 is 16.0 Å². The van der Waals surface area contributed by atoms with E-state index in [9.17, 15) is 9.59 Å². The molecular weight excluding hydrogens is 370 g/mol. The van der Waals surface area contributed by atoms with Crippen molar-refractivity contribution in [2.75, 3.05) is 22.9 Å². The summed E-state index contributed by atoms with van der Waals surface area (Å²) >= 11 is 1.70. The second kappa shape index (κ2) is 10.2. The van der Waals surface area contributed by atoms with Gasteiger partial charge in [-0.05, 0) is 48.5 Å². The van der Waals surface area contributed by atoms with Gasteiger partial charge in [-0.2, -0.15) is 0 Å². The number of anilines is 2. The number of nitrogens with one attached hydrogen (secondary N) is 3. The molecule has 0 bridgehead atoms. The largest absolute Gasteiger partial charge is 0.351 e. The van der Waals surface area contributed by atoms with E-state index >= 15 is 0 Å². The molecule has 0 spiro atoms. The van der Waals surface area contributed by atoms with Crippen LogP contribution in [-0.4, -0.2) is 24.2 Å². The predicted molar refractivity (Wildman–Crippen MR) is 115 cm³/mol. The maximum absolute atomic E-state index is 12.2. The van der Waals surface area contributed by atoms with Crippen LogP contribution in [0.2, 0.25) is 0 Å². The van der Waals surface area contributed by atoms with E-state index in [2.05, 4.69) is 16.0 Å². The Morgan fingerprint density at radius 1 is 0.714 bits per heavy atom. The number of hydrogen-bond donors (Lipinski definition) is 3. The summed E-state index contributed by atoms with van der Waals surface area (Å²) in [5.74, 6) is 0.670. The number of carbonyl (C=O) groups excluding carboxylic acids is 2. The van der Waals surface area contributed by atoms with Gasteiger partial charge in [-0.15, -0.1) is 11.8 Å². The van der Waals surface area contributed by atoms with Gasteiger partial charge in [0.1, 0.15) is 0 Å². The molecule has 0 aliphatic rings. The fraction of sp³-hybridized carbons (Fsp3) is 0.0909. The Kier molecular flexibility index (Phi) is 7.09. The molecule has 3 aromatic carbocycles. The predicted octanol–water partition coefficient (Wildman–Crippen LogP) is 4.85. The Hall–Kier alpha value is -3.25. The van der Waals surface area contributed by atoms with Crippen LogP contribution >= 0.6 is 11.8 Å². The van der Waals surface area contributed by atoms with Gasteiger partial charge in [-0.3, -0.25) is 4.79 Å². The summed E-state index contributed by atoms with van der Waals surface area (Å²) in [7, 11) is 0. The number of para-hydroxylation sites is 1. The van der Waals surface area contributed by atoms with Crippen LogP contribution in [0.5, 0.6) is 0 Å². The molecular formula is C22H21N3O2S. The van der Waals surface area contributed by atoms with Crippen molar-refractivity contribution in [3.8, 4) is 0 Å². The van der Waals surface area contributed by atoms with Crippen LogP contribution < -0.4 is 16.0 Å². The summed E-state index contributed by atoms with van der Waals surface area (Å²) < 4.78 is 0. The molecule has 6 heteroatoms. The Morgan fingerprint density at radius 3 is 1.93 bits per heavy atom. The van der Waals surface area contributed by atoms with Gasteiger partial charge in [0.25, 0.3) is 5.91 Å². The van der Waals surface area contributed by atoms with Crippen LogP contribution in [0.3, 0.4) is 0 Å². The first-order valence-corrected chi connectivity index (χ1v) is 9.88. The second-order valence-electron chi connectivity index (χ2n) is 5.94. The summed E-state index contributed by atoms with van der Waals surface area (Å²) in [5, 5.41) is 8.39. The van der Waals surface area contributed by atoms with Gasteiger partial charge in [-0.25, -0.2) is 4.79 Å². The highest BCUT2D eigenvalue weighted by Crippen LogP contribution is 2.16. The zero-order valence-electron chi connectivity index (χ0n) is 15.2. The molecule has 28 heavy (non-hydrogen) atoms. The molecule has 0 aromatic heterocycles. The van der Waals surface area contributed by atoms with Crippen molar-refractivity contribution in [1.82, 2.24) is 5.32 Å². The van der Waals surface area contributed by atoms with Gasteiger partial charge in [0.2, 0.25) is 0 Å². The molecule has 0 fully saturated rings. The first kappa shape index (κ1) is 19.5. The molecule has 0 radical (unpaired) electrons. The van der Waals surface area contributed by atoms with E-state index in [0.717, 1.165) is 5.75 Å². The van der Waals surface area contributed by atoms with Crippen LogP contribution in [0.15, 0.2) is 89.8 Å². The van der Waals surface area contributed by atoms with Crippen LogP contribution in [0.1, 0.15) is 10.4 Å². The van der Waals surface area contributed by atoms with Gasteiger partial charge in [0, 0.05) is 34.1 Å². The van der Waals surface area contributed by atoms with Crippen LogP contribution in [0, 0.1) is 0 Å². The van der Waals surface area contributed by atoms with Crippen molar-refractivity contribution in [3.63, 3.8) is 0 Å². The third-order valence-corrected chi connectivity index (χ3v) is 4.85. The molecule has 3 aromatic rings. The maximum atomic E-state index is 12.2. The number of benzene rings is 3. The van der Waals surface area contributed by atoms with Crippen LogP contribution in [0.25, 0.3) is 0 Å². The van der Waals surface area contributed by atoms with Crippen molar-refractivity contribution in [1.29, 1.82) is 0 Å². The van der Waals surface area contributed by atoms with E-state index in [0.29, 0.717) is 23.5 Å². The summed E-state index contributed by atoms with van der Waals surface area (Å²) in [4.78, 5) is 25.4. The Labute approximate surface area is 168 Å². The highest BCUT2D eigenvalue weighted by molar-refractivity contribution is 7.99.